The molecule has 0 N–H and O–H groups in total. The van der Waals surface area contributed by atoms with Crippen molar-refractivity contribution in [3.8, 4) is 0 Å². The average molecular weight is 628 g/mol. The number of imidazole rings is 1. The van der Waals surface area contributed by atoms with E-state index >= 15 is 0 Å². The van der Waals surface area contributed by atoms with Crippen LogP contribution in [-0.4, -0.2) is 57.5 Å². The first-order valence-electron chi connectivity index (χ1n) is 13.7. The summed E-state index contributed by atoms with van der Waals surface area (Å²) in [5.74, 6) is 0.269. The van der Waals surface area contributed by atoms with Crippen LogP contribution < -0.4 is 0 Å². The number of amides is 3. The summed E-state index contributed by atoms with van der Waals surface area (Å²) in [4.78, 5) is 46.5. The maximum atomic E-state index is 13.5. The predicted molar refractivity (Wildman–Crippen MR) is 160 cm³/mol. The number of halogens is 1. The minimum Gasteiger partial charge on any atom is -0.465 e. The highest BCUT2D eigenvalue weighted by atomic mass is 79.9. The number of nitrogens with zero attached hydrogens (tertiary/aromatic N) is 4. The topological polar surface area (TPSA) is 84.7 Å². The van der Waals surface area contributed by atoms with Crippen LogP contribution in [0, 0.1) is 0 Å². The summed E-state index contributed by atoms with van der Waals surface area (Å²) in [5.41, 5.74) is 3.73. The van der Waals surface area contributed by atoms with Gasteiger partial charge in [0, 0.05) is 26.1 Å². The van der Waals surface area contributed by atoms with Crippen molar-refractivity contribution in [3.63, 3.8) is 0 Å². The average Bonchev–Trinajstić information content (AvgIpc) is 3.61. The van der Waals surface area contributed by atoms with Crippen LogP contribution in [0.3, 0.4) is 0 Å². The number of carbonyl (C=O) groups excluding carboxylic acids is 3. The molecule has 10 heteroatoms. The van der Waals surface area contributed by atoms with Gasteiger partial charge in [-0.05, 0) is 76.0 Å². The van der Waals surface area contributed by atoms with Gasteiger partial charge in [0.05, 0.1) is 28.4 Å². The number of benzene rings is 1. The SMILES string of the molecule is CCCCc1ncc(/C=C2/C(=O)N(CCCC)C(=O)N2CCc2csc(Br)c2)n1Cc1ccc(C(=O)OC)cc1. The zero-order chi connectivity index (χ0) is 28.6. The molecular weight excluding hydrogens is 592 g/mol. The number of ether oxygens (including phenoxy) is 1. The molecule has 212 valence electrons. The quantitative estimate of drug-likeness (QED) is 0.122. The Bertz CT molecular complexity index is 1380. The molecule has 2 aromatic heterocycles. The summed E-state index contributed by atoms with van der Waals surface area (Å²) in [6.45, 7) is 5.51. The highest BCUT2D eigenvalue weighted by Gasteiger charge is 2.40. The van der Waals surface area contributed by atoms with Crippen molar-refractivity contribution in [2.45, 2.75) is 58.9 Å². The molecule has 1 aliphatic heterocycles. The number of carbonyl (C=O) groups is 3. The zero-order valence-corrected chi connectivity index (χ0v) is 25.6. The lowest BCUT2D eigenvalue weighted by atomic mass is 10.1. The molecule has 0 radical (unpaired) electrons. The second-order valence-corrected chi connectivity index (χ2v) is 12.1. The first kappa shape index (κ1) is 29.7. The molecule has 3 heterocycles. The summed E-state index contributed by atoms with van der Waals surface area (Å²) >= 11 is 5.11. The second-order valence-electron chi connectivity index (χ2n) is 9.76. The number of hydrogen-bond donors (Lipinski definition) is 0. The fourth-order valence-electron chi connectivity index (χ4n) is 4.62. The lowest BCUT2D eigenvalue weighted by Crippen LogP contribution is -2.34. The van der Waals surface area contributed by atoms with Crippen LogP contribution in [0.25, 0.3) is 6.08 Å². The first-order chi connectivity index (χ1) is 19.4. The van der Waals surface area contributed by atoms with E-state index in [2.05, 4.69) is 32.8 Å². The van der Waals surface area contributed by atoms with Gasteiger partial charge in [0.25, 0.3) is 5.91 Å². The molecule has 1 aromatic carbocycles. The van der Waals surface area contributed by atoms with Gasteiger partial charge in [-0.25, -0.2) is 14.6 Å². The number of thiophene rings is 1. The van der Waals surface area contributed by atoms with Crippen molar-refractivity contribution in [2.24, 2.45) is 0 Å². The van der Waals surface area contributed by atoms with Crippen molar-refractivity contribution in [2.75, 3.05) is 20.2 Å². The van der Waals surface area contributed by atoms with Crippen LogP contribution in [0.5, 0.6) is 0 Å². The van der Waals surface area contributed by atoms with Crippen molar-refractivity contribution < 1.29 is 19.1 Å². The van der Waals surface area contributed by atoms with Gasteiger partial charge in [-0.15, -0.1) is 11.3 Å². The van der Waals surface area contributed by atoms with Crippen molar-refractivity contribution in [1.82, 2.24) is 19.4 Å². The normalized spacial score (nSPS) is 14.6. The Hall–Kier alpha value is -3.24. The minimum absolute atomic E-state index is 0.268. The van der Waals surface area contributed by atoms with E-state index in [0.29, 0.717) is 37.3 Å². The monoisotopic (exact) mass is 626 g/mol. The minimum atomic E-state index is -0.379. The largest absolute Gasteiger partial charge is 0.465 e. The van der Waals surface area contributed by atoms with Crippen LogP contribution >= 0.6 is 27.3 Å². The molecule has 1 fully saturated rings. The number of rotatable bonds is 13. The van der Waals surface area contributed by atoms with E-state index in [9.17, 15) is 14.4 Å². The molecule has 0 spiro atoms. The third kappa shape index (κ3) is 6.90. The fraction of sp³-hybridized carbons (Fsp3) is 0.400. The van der Waals surface area contributed by atoms with Crippen molar-refractivity contribution >= 4 is 51.3 Å². The Morgan fingerprint density at radius 1 is 1.02 bits per heavy atom. The van der Waals surface area contributed by atoms with Gasteiger partial charge in [0.15, 0.2) is 0 Å². The summed E-state index contributed by atoms with van der Waals surface area (Å²) in [5, 5.41) is 2.06. The van der Waals surface area contributed by atoms with Crippen LogP contribution in [0.2, 0.25) is 0 Å². The first-order valence-corrected chi connectivity index (χ1v) is 15.3. The number of methoxy groups -OCH3 is 1. The number of imide groups is 1. The Morgan fingerprint density at radius 3 is 2.42 bits per heavy atom. The van der Waals surface area contributed by atoms with Gasteiger partial charge < -0.3 is 9.30 Å². The highest BCUT2D eigenvalue weighted by molar-refractivity contribution is 9.11. The van der Waals surface area contributed by atoms with E-state index in [1.54, 1.807) is 40.6 Å². The standard InChI is InChI=1S/C30H35BrN4O4S/c1-4-6-8-27-32-18-24(35(27)19-21-9-11-23(12-10-21)29(37)39-3)17-25-28(36)34(14-7-5-2)30(38)33(25)15-13-22-16-26(31)40-20-22/h9-12,16-18,20H,4-8,13-15,19H2,1-3H3/b25-17-. The Labute approximate surface area is 247 Å². The Balaban J connectivity index is 1.67. The number of aryl methyl sites for hydroxylation is 1. The van der Waals surface area contributed by atoms with Crippen LogP contribution in [-0.2, 0) is 28.9 Å². The molecule has 40 heavy (non-hydrogen) atoms. The van der Waals surface area contributed by atoms with Crippen molar-refractivity contribution in [1.29, 1.82) is 0 Å². The van der Waals surface area contributed by atoms with Gasteiger partial charge in [0.2, 0.25) is 0 Å². The highest BCUT2D eigenvalue weighted by Crippen LogP contribution is 2.27. The summed E-state index contributed by atoms with van der Waals surface area (Å²) in [6.07, 6.45) is 8.70. The van der Waals surface area contributed by atoms with E-state index < -0.39 is 0 Å². The molecule has 0 aliphatic carbocycles. The molecule has 3 aromatic rings. The molecule has 0 unspecified atom stereocenters. The van der Waals surface area contributed by atoms with Gasteiger partial charge in [-0.2, -0.15) is 0 Å². The molecule has 8 nitrogen and oxygen atoms in total. The predicted octanol–water partition coefficient (Wildman–Crippen LogP) is 6.53. The molecule has 0 atom stereocenters. The number of urea groups is 1. The third-order valence-corrected chi connectivity index (χ3v) is 8.47. The summed E-state index contributed by atoms with van der Waals surface area (Å²) in [7, 11) is 1.36. The van der Waals surface area contributed by atoms with Crippen molar-refractivity contribution in [3.05, 3.63) is 79.6 Å². The maximum absolute atomic E-state index is 13.5. The van der Waals surface area contributed by atoms with Crippen LogP contribution in [0.1, 0.15) is 72.5 Å². The van der Waals surface area contributed by atoms with Gasteiger partial charge in [0.1, 0.15) is 11.5 Å². The third-order valence-electron chi connectivity index (χ3n) is 6.92. The lowest BCUT2D eigenvalue weighted by Gasteiger charge is -2.17. The second kappa shape index (κ2) is 13.9. The van der Waals surface area contributed by atoms with E-state index in [0.717, 1.165) is 58.5 Å². The molecule has 0 bridgehead atoms. The van der Waals surface area contributed by atoms with Gasteiger partial charge >= 0.3 is 12.0 Å². The maximum Gasteiger partial charge on any atom is 0.337 e. The Morgan fingerprint density at radius 2 is 1.77 bits per heavy atom. The summed E-state index contributed by atoms with van der Waals surface area (Å²) < 4.78 is 7.95. The fourth-order valence-corrected chi connectivity index (χ4v) is 5.87. The molecule has 1 aliphatic rings. The number of hydrogen-bond acceptors (Lipinski definition) is 6. The summed E-state index contributed by atoms with van der Waals surface area (Å²) in [6, 6.07) is 9.07. The van der Waals surface area contributed by atoms with E-state index in [4.69, 9.17) is 9.72 Å². The number of esters is 1. The van der Waals surface area contributed by atoms with E-state index in [1.807, 2.05) is 25.1 Å². The molecular formula is C30H35BrN4O4S. The van der Waals surface area contributed by atoms with E-state index in [-0.39, 0.29) is 17.9 Å². The van der Waals surface area contributed by atoms with Gasteiger partial charge in [-0.1, -0.05) is 38.8 Å². The smallest absolute Gasteiger partial charge is 0.337 e. The zero-order valence-electron chi connectivity index (χ0n) is 23.2. The Kier molecular flexibility index (Phi) is 10.3. The van der Waals surface area contributed by atoms with Crippen LogP contribution in [0.15, 0.2) is 51.4 Å². The number of unbranched alkanes of at least 4 members (excludes halogenated alkanes) is 2. The molecule has 3 amide bonds. The van der Waals surface area contributed by atoms with Gasteiger partial charge in [-0.3, -0.25) is 14.6 Å². The molecule has 4 rings (SSSR count). The van der Waals surface area contributed by atoms with E-state index in [1.165, 1.54) is 12.0 Å². The van der Waals surface area contributed by atoms with Crippen LogP contribution in [0.4, 0.5) is 4.79 Å². The lowest BCUT2D eigenvalue weighted by molar-refractivity contribution is -0.123. The molecule has 0 saturated carbocycles. The number of aromatic nitrogens is 2. The molecule has 1 saturated heterocycles.